The molecule has 0 aliphatic heterocycles. The molecule has 0 radical (unpaired) electrons. The van der Waals surface area contributed by atoms with E-state index in [1.807, 2.05) is 0 Å². The van der Waals surface area contributed by atoms with Crippen LogP contribution in [0.4, 0.5) is 32.0 Å². The molecule has 32 heavy (non-hydrogen) atoms. The van der Waals surface area contributed by atoms with Gasteiger partial charge in [-0.3, -0.25) is 18.8 Å². The Morgan fingerprint density at radius 2 is 1.62 bits per heavy atom. The highest BCUT2D eigenvalue weighted by molar-refractivity contribution is 6.06. The van der Waals surface area contributed by atoms with Gasteiger partial charge in [-0.05, 0) is 42.5 Å². The molecule has 0 bridgehead atoms. The number of benzene rings is 2. The first-order chi connectivity index (χ1) is 14.9. The number of rotatable bonds is 2. The lowest BCUT2D eigenvalue weighted by Crippen LogP contribution is -2.29. The highest BCUT2D eigenvalue weighted by Gasteiger charge is 2.38. The highest BCUT2D eigenvalue weighted by Crippen LogP contribution is 2.31. The van der Waals surface area contributed by atoms with E-state index in [0.29, 0.717) is 0 Å². The van der Waals surface area contributed by atoms with Gasteiger partial charge in [-0.15, -0.1) is 0 Å². The SMILES string of the molecule is Cn1cc2c(=O)n(-c3ccc(C(F)(F)F)cc3)c3ccc(NC(=O)C(F)(F)F)cc3c2n1. The number of aryl methyl sites for hydroxylation is 1. The number of carbonyl (C=O) groups excluding carboxylic acids is 1. The second-order valence-corrected chi connectivity index (χ2v) is 6.93. The van der Waals surface area contributed by atoms with Gasteiger partial charge in [0.25, 0.3) is 5.56 Å². The molecule has 0 fully saturated rings. The van der Waals surface area contributed by atoms with Crippen LogP contribution in [0.15, 0.2) is 53.5 Å². The van der Waals surface area contributed by atoms with Crippen molar-refractivity contribution in [1.29, 1.82) is 0 Å². The Labute approximate surface area is 174 Å². The van der Waals surface area contributed by atoms with E-state index in [2.05, 4.69) is 5.10 Å². The zero-order chi connectivity index (χ0) is 23.4. The maximum atomic E-state index is 13.1. The van der Waals surface area contributed by atoms with E-state index in [4.69, 9.17) is 0 Å². The fourth-order valence-electron chi connectivity index (χ4n) is 3.33. The number of alkyl halides is 6. The number of aromatic nitrogens is 3. The van der Waals surface area contributed by atoms with Gasteiger partial charge in [0.1, 0.15) is 5.52 Å². The van der Waals surface area contributed by atoms with Crippen molar-refractivity contribution in [2.45, 2.75) is 12.4 Å². The average molecular weight is 454 g/mol. The Kier molecular flexibility index (Phi) is 4.75. The van der Waals surface area contributed by atoms with Crippen molar-refractivity contribution in [2.24, 2.45) is 7.05 Å². The summed E-state index contributed by atoms with van der Waals surface area (Å²) in [6.45, 7) is 0. The van der Waals surface area contributed by atoms with Crippen LogP contribution in [0.1, 0.15) is 5.56 Å². The molecule has 0 aliphatic carbocycles. The van der Waals surface area contributed by atoms with E-state index in [0.717, 1.165) is 34.9 Å². The fourth-order valence-corrected chi connectivity index (χ4v) is 3.33. The molecule has 166 valence electrons. The number of fused-ring (bicyclic) bond motifs is 3. The van der Waals surface area contributed by atoms with E-state index < -0.39 is 29.4 Å². The Balaban J connectivity index is 1.96. The van der Waals surface area contributed by atoms with Crippen molar-refractivity contribution in [3.05, 3.63) is 64.6 Å². The topological polar surface area (TPSA) is 68.9 Å². The summed E-state index contributed by atoms with van der Waals surface area (Å²) in [6.07, 6.45) is -8.28. The van der Waals surface area contributed by atoms with Crippen LogP contribution in [0.25, 0.3) is 27.5 Å². The number of nitrogens with zero attached hydrogens (tertiary/aromatic N) is 3. The number of carbonyl (C=O) groups is 1. The summed E-state index contributed by atoms with van der Waals surface area (Å²) in [6, 6.07) is 7.53. The number of halogens is 6. The van der Waals surface area contributed by atoms with Gasteiger partial charge in [-0.1, -0.05) is 0 Å². The molecule has 0 aliphatic rings. The van der Waals surface area contributed by atoms with Gasteiger partial charge in [0, 0.05) is 30.0 Å². The second-order valence-electron chi connectivity index (χ2n) is 6.93. The molecular formula is C20H12F6N4O2. The second kappa shape index (κ2) is 7.11. The van der Waals surface area contributed by atoms with Crippen LogP contribution in [0.3, 0.4) is 0 Å². The summed E-state index contributed by atoms with van der Waals surface area (Å²) in [5, 5.41) is 6.22. The number of nitrogens with one attached hydrogen (secondary N) is 1. The largest absolute Gasteiger partial charge is 0.471 e. The predicted octanol–water partition coefficient (Wildman–Crippen LogP) is 4.40. The Morgan fingerprint density at radius 3 is 2.22 bits per heavy atom. The van der Waals surface area contributed by atoms with Crippen molar-refractivity contribution in [2.75, 3.05) is 5.32 Å². The molecule has 4 aromatic rings. The maximum absolute atomic E-state index is 13.1. The minimum absolute atomic E-state index is 0.0965. The highest BCUT2D eigenvalue weighted by atomic mass is 19.4. The molecular weight excluding hydrogens is 442 g/mol. The van der Waals surface area contributed by atoms with Crippen molar-refractivity contribution >= 4 is 33.4 Å². The summed E-state index contributed by atoms with van der Waals surface area (Å²) in [7, 11) is 1.53. The van der Waals surface area contributed by atoms with Crippen molar-refractivity contribution < 1.29 is 31.1 Å². The van der Waals surface area contributed by atoms with Gasteiger partial charge in [-0.2, -0.15) is 31.4 Å². The minimum atomic E-state index is -5.10. The molecule has 2 heterocycles. The van der Waals surface area contributed by atoms with E-state index in [1.54, 1.807) is 5.32 Å². The molecule has 2 aromatic heterocycles. The average Bonchev–Trinajstić information content (AvgIpc) is 3.10. The lowest BCUT2D eigenvalue weighted by Gasteiger charge is -2.14. The molecule has 4 rings (SSSR count). The standard InChI is InChI=1S/C20H12F6N4O2/c1-29-9-14-16(28-29)13-8-11(27-18(32)20(24,25)26)4-7-15(13)30(17(14)31)12-5-2-10(3-6-12)19(21,22)23/h2-9H,1H3,(H,27,32). The third-order valence-electron chi connectivity index (χ3n) is 4.72. The molecule has 1 amide bonds. The van der Waals surface area contributed by atoms with Crippen molar-refractivity contribution in [3.8, 4) is 5.69 Å². The molecule has 1 N–H and O–H groups in total. The molecule has 0 saturated carbocycles. The van der Waals surface area contributed by atoms with Gasteiger partial charge in [0.2, 0.25) is 0 Å². The first-order valence-corrected chi connectivity index (χ1v) is 8.94. The van der Waals surface area contributed by atoms with Gasteiger partial charge in [0.15, 0.2) is 0 Å². The number of pyridine rings is 1. The van der Waals surface area contributed by atoms with Crippen LogP contribution in [0.2, 0.25) is 0 Å². The van der Waals surface area contributed by atoms with Crippen LogP contribution in [0, 0.1) is 0 Å². The van der Waals surface area contributed by atoms with Gasteiger partial charge in [-0.25, -0.2) is 0 Å². The normalized spacial score (nSPS) is 12.5. The van der Waals surface area contributed by atoms with Crippen LogP contribution in [0.5, 0.6) is 0 Å². The first-order valence-electron chi connectivity index (χ1n) is 8.94. The van der Waals surface area contributed by atoms with Crippen LogP contribution in [-0.2, 0) is 18.0 Å². The molecule has 2 aromatic carbocycles. The van der Waals surface area contributed by atoms with Gasteiger partial charge >= 0.3 is 18.3 Å². The first kappa shape index (κ1) is 21.4. The van der Waals surface area contributed by atoms with Gasteiger partial charge < -0.3 is 5.32 Å². The zero-order valence-electron chi connectivity index (χ0n) is 16.0. The number of hydrogen-bond acceptors (Lipinski definition) is 3. The molecule has 12 heteroatoms. The van der Waals surface area contributed by atoms with E-state index in [9.17, 15) is 35.9 Å². The van der Waals surface area contributed by atoms with Gasteiger partial charge in [0.05, 0.1) is 16.5 Å². The number of amides is 1. The fraction of sp³-hybridized carbons (Fsp3) is 0.150. The number of hydrogen-bond donors (Lipinski definition) is 1. The molecule has 0 spiro atoms. The van der Waals surface area contributed by atoms with Crippen LogP contribution < -0.4 is 10.9 Å². The lowest BCUT2D eigenvalue weighted by atomic mass is 10.1. The van der Waals surface area contributed by atoms with Crippen LogP contribution in [-0.4, -0.2) is 26.4 Å². The molecule has 6 nitrogen and oxygen atoms in total. The van der Waals surface area contributed by atoms with E-state index in [1.165, 1.54) is 30.1 Å². The summed E-state index contributed by atoms with van der Waals surface area (Å²) >= 11 is 0. The Morgan fingerprint density at radius 1 is 0.969 bits per heavy atom. The quantitative estimate of drug-likeness (QED) is 0.457. The third kappa shape index (κ3) is 3.67. The molecule has 0 saturated heterocycles. The monoisotopic (exact) mass is 454 g/mol. The molecule has 0 unspecified atom stereocenters. The summed E-state index contributed by atoms with van der Waals surface area (Å²) in [5.74, 6) is -2.18. The maximum Gasteiger partial charge on any atom is 0.471 e. The third-order valence-corrected chi connectivity index (χ3v) is 4.72. The summed E-state index contributed by atoms with van der Waals surface area (Å²) in [5.41, 5.74) is -1.20. The molecule has 0 atom stereocenters. The predicted molar refractivity (Wildman–Crippen MR) is 104 cm³/mol. The zero-order valence-corrected chi connectivity index (χ0v) is 16.0. The van der Waals surface area contributed by atoms with Crippen molar-refractivity contribution in [3.63, 3.8) is 0 Å². The van der Waals surface area contributed by atoms with E-state index in [-0.39, 0.29) is 33.2 Å². The Bertz CT molecular complexity index is 1420. The van der Waals surface area contributed by atoms with Crippen molar-refractivity contribution in [1.82, 2.24) is 14.3 Å². The smallest absolute Gasteiger partial charge is 0.318 e. The summed E-state index contributed by atoms with van der Waals surface area (Å²) in [4.78, 5) is 24.4. The Hall–Kier alpha value is -3.83. The minimum Gasteiger partial charge on any atom is -0.318 e. The lowest BCUT2D eigenvalue weighted by molar-refractivity contribution is -0.167. The number of anilines is 1. The summed E-state index contributed by atoms with van der Waals surface area (Å²) < 4.78 is 79.0. The van der Waals surface area contributed by atoms with E-state index >= 15 is 0 Å². The van der Waals surface area contributed by atoms with Crippen LogP contribution >= 0.6 is 0 Å².